The van der Waals surface area contributed by atoms with Crippen molar-refractivity contribution in [1.82, 2.24) is 15.2 Å². The molecular formula is C26H15F7N4O2. The normalized spacial score (nSPS) is 11.7. The molecule has 6 nitrogen and oxygen atoms in total. The summed E-state index contributed by atoms with van der Waals surface area (Å²) in [5, 5.41) is 7.67. The summed E-state index contributed by atoms with van der Waals surface area (Å²) in [4.78, 5) is 18.3. The molecule has 0 saturated heterocycles. The predicted octanol–water partition coefficient (Wildman–Crippen LogP) is 6.07. The molecule has 0 aliphatic carbocycles. The van der Waals surface area contributed by atoms with Crippen LogP contribution in [-0.4, -0.2) is 21.1 Å². The van der Waals surface area contributed by atoms with Gasteiger partial charge in [-0.2, -0.15) is 26.3 Å². The van der Waals surface area contributed by atoms with E-state index in [4.69, 9.17) is 10.8 Å². The fourth-order valence-corrected chi connectivity index (χ4v) is 3.54. The Morgan fingerprint density at radius 3 is 2.26 bits per heavy atom. The minimum absolute atomic E-state index is 0.0397. The summed E-state index contributed by atoms with van der Waals surface area (Å²) in [7, 11) is 0. The van der Waals surface area contributed by atoms with Crippen LogP contribution >= 0.6 is 0 Å². The number of pyridine rings is 1. The van der Waals surface area contributed by atoms with Crippen LogP contribution in [0, 0.1) is 18.2 Å². The van der Waals surface area contributed by atoms with Gasteiger partial charge in [-0.1, -0.05) is 12.0 Å². The number of anilines is 1. The molecule has 0 saturated carbocycles. The van der Waals surface area contributed by atoms with Crippen LogP contribution in [-0.2, 0) is 30.1 Å². The Morgan fingerprint density at radius 2 is 1.67 bits per heavy atom. The van der Waals surface area contributed by atoms with E-state index in [-0.39, 0.29) is 29.2 Å². The summed E-state index contributed by atoms with van der Waals surface area (Å²) < 4.78 is 99.0. The molecular weight excluding hydrogens is 533 g/mol. The van der Waals surface area contributed by atoms with Gasteiger partial charge in [-0.25, -0.2) is 9.37 Å². The molecule has 0 aliphatic heterocycles. The van der Waals surface area contributed by atoms with Gasteiger partial charge in [-0.05, 0) is 54.1 Å². The number of carbonyl (C=O) groups excluding carboxylic acids is 1. The number of benzene rings is 2. The van der Waals surface area contributed by atoms with Crippen molar-refractivity contribution in [2.24, 2.45) is 0 Å². The van der Waals surface area contributed by atoms with E-state index in [1.165, 1.54) is 24.4 Å². The highest BCUT2D eigenvalue weighted by molar-refractivity contribution is 5.94. The number of nitrogens with zero attached hydrogens (tertiary/aromatic N) is 4. The topological polar surface area (TPSA) is 72.1 Å². The van der Waals surface area contributed by atoms with E-state index >= 15 is 0 Å². The van der Waals surface area contributed by atoms with Crippen LogP contribution in [0.25, 0.3) is 11.6 Å². The molecule has 39 heavy (non-hydrogen) atoms. The van der Waals surface area contributed by atoms with Crippen LogP contribution < -0.4 is 4.90 Å². The zero-order valence-corrected chi connectivity index (χ0v) is 19.5. The van der Waals surface area contributed by atoms with Crippen LogP contribution in [0.3, 0.4) is 0 Å². The minimum Gasteiger partial charge on any atom is -0.417 e. The van der Waals surface area contributed by atoms with Crippen molar-refractivity contribution in [2.45, 2.75) is 25.3 Å². The molecule has 2 aromatic carbocycles. The van der Waals surface area contributed by atoms with Crippen LogP contribution in [0.5, 0.6) is 0 Å². The maximum Gasteiger partial charge on any atom is 0.416 e. The van der Waals surface area contributed by atoms with Gasteiger partial charge in [0.2, 0.25) is 11.8 Å². The van der Waals surface area contributed by atoms with Crippen molar-refractivity contribution >= 4 is 11.6 Å². The number of hydrogen-bond acceptors (Lipinski definition) is 5. The molecule has 2 aromatic heterocycles. The van der Waals surface area contributed by atoms with Gasteiger partial charge in [0.15, 0.2) is 0 Å². The van der Waals surface area contributed by atoms with Crippen molar-refractivity contribution in [3.8, 4) is 23.9 Å². The molecule has 0 fully saturated rings. The Hall–Kier alpha value is -4.73. The highest BCUT2D eigenvalue weighted by atomic mass is 19.4. The third-order valence-corrected chi connectivity index (χ3v) is 5.43. The zero-order valence-electron chi connectivity index (χ0n) is 19.5. The average Bonchev–Trinajstić information content (AvgIpc) is 3.35. The van der Waals surface area contributed by atoms with Crippen molar-refractivity contribution in [3.63, 3.8) is 0 Å². The quantitative estimate of drug-likeness (QED) is 0.216. The number of hydrogen-bond donors (Lipinski definition) is 0. The first-order valence-electron chi connectivity index (χ1n) is 10.9. The molecule has 4 aromatic rings. The average molecular weight is 548 g/mol. The lowest BCUT2D eigenvalue weighted by Crippen LogP contribution is -2.32. The molecule has 0 N–H and O–H groups in total. The number of carbonyl (C=O) groups is 1. The summed E-state index contributed by atoms with van der Waals surface area (Å²) in [6, 6.07) is 8.53. The van der Waals surface area contributed by atoms with Crippen molar-refractivity contribution in [1.29, 1.82) is 0 Å². The molecule has 200 valence electrons. The number of alkyl halides is 6. The summed E-state index contributed by atoms with van der Waals surface area (Å²) in [6.07, 6.45) is -4.44. The number of halogens is 7. The van der Waals surface area contributed by atoms with Crippen LogP contribution in [0.2, 0.25) is 0 Å². The molecule has 4 rings (SSSR count). The van der Waals surface area contributed by atoms with Gasteiger partial charge in [0.25, 0.3) is 5.89 Å². The fraction of sp³-hybridized carbons (Fsp3) is 0.154. The van der Waals surface area contributed by atoms with E-state index in [2.05, 4.69) is 21.1 Å². The van der Waals surface area contributed by atoms with Crippen molar-refractivity contribution < 1.29 is 39.9 Å². The monoisotopic (exact) mass is 548 g/mol. The van der Waals surface area contributed by atoms with Gasteiger partial charge in [0, 0.05) is 17.4 Å². The first kappa shape index (κ1) is 27.3. The molecule has 0 bridgehead atoms. The highest BCUT2D eigenvalue weighted by Gasteiger charge is 2.38. The Bertz CT molecular complexity index is 1520. The lowest BCUT2D eigenvalue weighted by molar-refractivity contribution is -0.143. The van der Waals surface area contributed by atoms with Gasteiger partial charge in [0.05, 0.1) is 17.5 Å². The van der Waals surface area contributed by atoms with Crippen molar-refractivity contribution in [3.05, 3.63) is 94.8 Å². The summed E-state index contributed by atoms with van der Waals surface area (Å²) >= 11 is 0. The van der Waals surface area contributed by atoms with Crippen LogP contribution in [0.4, 0.5) is 36.4 Å². The summed E-state index contributed by atoms with van der Waals surface area (Å²) in [5.41, 5.74) is -2.98. The molecule has 0 radical (unpaired) electrons. The minimum atomic E-state index is -5.17. The van der Waals surface area contributed by atoms with Crippen LogP contribution in [0.1, 0.15) is 28.1 Å². The second kappa shape index (κ2) is 10.6. The first-order chi connectivity index (χ1) is 18.3. The largest absolute Gasteiger partial charge is 0.417 e. The van der Waals surface area contributed by atoms with Gasteiger partial charge in [-0.3, -0.25) is 4.79 Å². The Morgan fingerprint density at radius 1 is 0.949 bits per heavy atom. The Labute approximate surface area is 216 Å². The number of terminal acetylenes is 1. The number of rotatable bonds is 6. The number of aromatic nitrogens is 3. The lowest BCUT2D eigenvalue weighted by atomic mass is 10.00. The van der Waals surface area contributed by atoms with E-state index in [0.29, 0.717) is 17.7 Å². The standard InChI is InChI=1S/C26H15F7N4O2/c1-2-15-3-10-21(34-13-15)24-36-35-22(39-24)14-37(19-8-6-18(27)7-9-19)23(38)11-16-4-5-17(25(28,29)30)12-20(16)26(31,32)33/h1,3-10,12-13H,11,14H2. The third kappa shape index (κ3) is 6.40. The smallest absolute Gasteiger partial charge is 0.416 e. The molecule has 0 unspecified atom stereocenters. The molecule has 2 heterocycles. The maximum absolute atomic E-state index is 13.6. The molecule has 0 aliphatic rings. The van der Waals surface area contributed by atoms with Crippen molar-refractivity contribution in [2.75, 3.05) is 4.90 Å². The van der Waals surface area contributed by atoms with E-state index in [1.54, 1.807) is 6.07 Å². The van der Waals surface area contributed by atoms with Gasteiger partial charge >= 0.3 is 12.4 Å². The summed E-state index contributed by atoms with van der Waals surface area (Å²) in [6.45, 7) is -0.443. The Balaban J connectivity index is 1.66. The van der Waals surface area contributed by atoms with Crippen LogP contribution in [0.15, 0.2) is 65.2 Å². The molecule has 0 spiro atoms. The third-order valence-electron chi connectivity index (χ3n) is 5.43. The SMILES string of the molecule is C#Cc1ccc(-c2nnc(CN(C(=O)Cc3ccc(C(F)(F)F)cc3C(F)(F)F)c3ccc(F)cc3)o2)nc1. The summed E-state index contributed by atoms with van der Waals surface area (Å²) in [5.74, 6) is 0.606. The predicted molar refractivity (Wildman–Crippen MR) is 123 cm³/mol. The first-order valence-corrected chi connectivity index (χ1v) is 10.9. The molecule has 13 heteroatoms. The maximum atomic E-state index is 13.6. The second-order valence-electron chi connectivity index (χ2n) is 8.08. The van der Waals surface area contributed by atoms with E-state index in [9.17, 15) is 35.5 Å². The Kier molecular flexibility index (Phi) is 7.40. The van der Waals surface area contributed by atoms with E-state index < -0.39 is 53.7 Å². The zero-order chi connectivity index (χ0) is 28.4. The van der Waals surface area contributed by atoms with Gasteiger partial charge in [0.1, 0.15) is 18.1 Å². The second-order valence-corrected chi connectivity index (χ2v) is 8.08. The van der Waals surface area contributed by atoms with Gasteiger partial charge < -0.3 is 9.32 Å². The van der Waals surface area contributed by atoms with Gasteiger partial charge in [-0.15, -0.1) is 16.6 Å². The van der Waals surface area contributed by atoms with E-state index in [1.807, 2.05) is 0 Å². The lowest BCUT2D eigenvalue weighted by Gasteiger charge is -2.23. The number of amides is 1. The highest BCUT2D eigenvalue weighted by Crippen LogP contribution is 2.38. The molecule has 1 amide bonds. The molecule has 0 atom stereocenters. The fourth-order valence-electron chi connectivity index (χ4n) is 3.54. The van der Waals surface area contributed by atoms with E-state index in [0.717, 1.165) is 17.0 Å².